The second kappa shape index (κ2) is 6.38. The molecule has 2 aromatic carbocycles. The monoisotopic (exact) mass is 365 g/mol. The van der Waals surface area contributed by atoms with E-state index in [1.165, 1.54) is 0 Å². The number of aryl methyl sites for hydroxylation is 2. The Labute approximate surface area is 155 Å². The van der Waals surface area contributed by atoms with Crippen LogP contribution in [0, 0.1) is 20.8 Å². The summed E-state index contributed by atoms with van der Waals surface area (Å²) in [6.45, 7) is 6.02. The van der Waals surface area contributed by atoms with Gasteiger partial charge in [0.1, 0.15) is 0 Å². The molecule has 2 heterocycles. The largest absolute Gasteiger partial charge is 0.332 e. The molecule has 4 rings (SSSR count). The van der Waals surface area contributed by atoms with Gasteiger partial charge in [0.15, 0.2) is 5.69 Å². The van der Waals surface area contributed by atoms with Crippen LogP contribution in [0.2, 0.25) is 5.02 Å². The van der Waals surface area contributed by atoms with Crippen LogP contribution in [0.3, 0.4) is 0 Å². The first-order chi connectivity index (χ1) is 12.5. The molecule has 0 amide bonds. The summed E-state index contributed by atoms with van der Waals surface area (Å²) in [6.07, 6.45) is 0. The Balaban J connectivity index is 1.73. The van der Waals surface area contributed by atoms with Crippen molar-refractivity contribution in [1.82, 2.24) is 25.1 Å². The van der Waals surface area contributed by atoms with E-state index in [9.17, 15) is 0 Å². The number of rotatable bonds is 3. The van der Waals surface area contributed by atoms with Crippen molar-refractivity contribution in [3.63, 3.8) is 0 Å². The van der Waals surface area contributed by atoms with E-state index in [1.54, 1.807) is 16.8 Å². The highest BCUT2D eigenvalue weighted by Gasteiger charge is 2.19. The van der Waals surface area contributed by atoms with Crippen molar-refractivity contribution < 1.29 is 4.52 Å². The molecule has 130 valence electrons. The van der Waals surface area contributed by atoms with Crippen LogP contribution in [0.5, 0.6) is 0 Å². The number of nitrogens with zero attached hydrogens (tertiary/aromatic N) is 5. The van der Waals surface area contributed by atoms with Gasteiger partial charge in [-0.3, -0.25) is 0 Å². The molecule has 0 saturated carbocycles. The molecule has 6 nitrogen and oxygen atoms in total. The minimum absolute atomic E-state index is 0.337. The van der Waals surface area contributed by atoms with Gasteiger partial charge in [-0.2, -0.15) is 4.98 Å². The molecule has 4 aromatic rings. The lowest BCUT2D eigenvalue weighted by Gasteiger charge is -2.08. The minimum Gasteiger partial charge on any atom is -0.332 e. The molecule has 0 aliphatic rings. The standard InChI is InChI=1S/C19H16ClN5O/c1-11-4-5-12(2)16(10-11)25-13(3)17(22-24-25)19-21-18(23-26-19)14-6-8-15(20)9-7-14/h4-10H,1-3H3. The summed E-state index contributed by atoms with van der Waals surface area (Å²) in [7, 11) is 0. The summed E-state index contributed by atoms with van der Waals surface area (Å²) in [6, 6.07) is 13.5. The SMILES string of the molecule is Cc1ccc(C)c(-n2nnc(-c3nc(-c4ccc(Cl)cc4)no3)c2C)c1. The molecule has 0 aliphatic carbocycles. The van der Waals surface area contributed by atoms with Crippen LogP contribution in [-0.4, -0.2) is 25.1 Å². The predicted molar refractivity (Wildman–Crippen MR) is 99.3 cm³/mol. The van der Waals surface area contributed by atoms with Gasteiger partial charge in [0.2, 0.25) is 5.82 Å². The molecule has 0 unspecified atom stereocenters. The van der Waals surface area contributed by atoms with Gasteiger partial charge in [-0.25, -0.2) is 4.68 Å². The zero-order chi connectivity index (χ0) is 18.3. The zero-order valence-corrected chi connectivity index (χ0v) is 15.3. The van der Waals surface area contributed by atoms with Crippen molar-refractivity contribution in [2.75, 3.05) is 0 Å². The fraction of sp³-hybridized carbons (Fsp3) is 0.158. The Kier molecular flexibility index (Phi) is 4.05. The first-order valence-electron chi connectivity index (χ1n) is 8.13. The van der Waals surface area contributed by atoms with Gasteiger partial charge in [0, 0.05) is 10.6 Å². The summed E-state index contributed by atoms with van der Waals surface area (Å²) >= 11 is 5.92. The molecule has 0 atom stereocenters. The fourth-order valence-corrected chi connectivity index (χ4v) is 2.87. The van der Waals surface area contributed by atoms with Gasteiger partial charge >= 0.3 is 0 Å². The number of aromatic nitrogens is 5. The summed E-state index contributed by atoms with van der Waals surface area (Å²) in [5.74, 6) is 0.821. The third kappa shape index (κ3) is 2.88. The highest BCUT2D eigenvalue weighted by atomic mass is 35.5. The summed E-state index contributed by atoms with van der Waals surface area (Å²) in [5.41, 5.74) is 5.48. The number of hydrogen-bond acceptors (Lipinski definition) is 5. The van der Waals surface area contributed by atoms with Gasteiger partial charge < -0.3 is 4.52 Å². The van der Waals surface area contributed by atoms with Gasteiger partial charge in [-0.15, -0.1) is 5.10 Å². The number of halogens is 1. The Morgan fingerprint density at radius 3 is 2.54 bits per heavy atom. The minimum atomic E-state index is 0.337. The molecule has 7 heteroatoms. The van der Waals surface area contributed by atoms with Gasteiger partial charge in [-0.05, 0) is 62.2 Å². The van der Waals surface area contributed by atoms with Crippen molar-refractivity contribution in [2.45, 2.75) is 20.8 Å². The Bertz CT molecular complexity index is 1080. The van der Waals surface area contributed by atoms with E-state index < -0.39 is 0 Å². The third-order valence-corrected chi connectivity index (χ3v) is 4.47. The molecule has 0 radical (unpaired) electrons. The molecule has 0 N–H and O–H groups in total. The molecule has 0 aliphatic heterocycles. The molecule has 0 bridgehead atoms. The second-order valence-electron chi connectivity index (χ2n) is 6.16. The van der Waals surface area contributed by atoms with E-state index in [-0.39, 0.29) is 0 Å². The van der Waals surface area contributed by atoms with Crippen molar-refractivity contribution >= 4 is 11.6 Å². The maximum absolute atomic E-state index is 5.92. The van der Waals surface area contributed by atoms with Crippen LogP contribution in [0.1, 0.15) is 16.8 Å². The van der Waals surface area contributed by atoms with Crippen molar-refractivity contribution in [3.8, 4) is 28.7 Å². The molecule has 0 saturated heterocycles. The predicted octanol–water partition coefficient (Wildman–Crippen LogP) is 4.56. The normalized spacial score (nSPS) is 11.1. The molecular formula is C19H16ClN5O. The van der Waals surface area contributed by atoms with Crippen LogP contribution in [0.15, 0.2) is 47.0 Å². The smallest absolute Gasteiger partial charge is 0.280 e. The van der Waals surface area contributed by atoms with Crippen LogP contribution in [0.25, 0.3) is 28.7 Å². The van der Waals surface area contributed by atoms with Crippen molar-refractivity contribution in [1.29, 1.82) is 0 Å². The lowest BCUT2D eigenvalue weighted by molar-refractivity contribution is 0.430. The molecule has 2 aromatic heterocycles. The molecule has 0 spiro atoms. The summed E-state index contributed by atoms with van der Waals surface area (Å²) in [4.78, 5) is 4.45. The molecule has 26 heavy (non-hydrogen) atoms. The maximum Gasteiger partial charge on any atom is 0.280 e. The van der Waals surface area contributed by atoms with E-state index in [4.69, 9.17) is 16.1 Å². The third-order valence-electron chi connectivity index (χ3n) is 4.22. The highest BCUT2D eigenvalue weighted by molar-refractivity contribution is 6.30. The quantitative estimate of drug-likeness (QED) is 0.532. The average Bonchev–Trinajstić information content (AvgIpc) is 3.24. The number of hydrogen-bond donors (Lipinski definition) is 0. The maximum atomic E-state index is 5.92. The fourth-order valence-electron chi connectivity index (χ4n) is 2.74. The lowest BCUT2D eigenvalue weighted by Crippen LogP contribution is -2.02. The highest BCUT2D eigenvalue weighted by Crippen LogP contribution is 2.26. The van der Waals surface area contributed by atoms with Crippen LogP contribution in [-0.2, 0) is 0 Å². The first kappa shape index (κ1) is 16.5. The van der Waals surface area contributed by atoms with E-state index in [0.29, 0.717) is 22.4 Å². The lowest BCUT2D eigenvalue weighted by atomic mass is 10.1. The van der Waals surface area contributed by atoms with Crippen LogP contribution < -0.4 is 0 Å². The Hall–Kier alpha value is -2.99. The van der Waals surface area contributed by atoms with Crippen LogP contribution >= 0.6 is 11.6 Å². The van der Waals surface area contributed by atoms with Crippen LogP contribution in [0.4, 0.5) is 0 Å². The van der Waals surface area contributed by atoms with Gasteiger partial charge in [-0.1, -0.05) is 34.1 Å². The molecular weight excluding hydrogens is 350 g/mol. The Morgan fingerprint density at radius 1 is 1.00 bits per heavy atom. The van der Waals surface area contributed by atoms with E-state index in [0.717, 1.165) is 28.1 Å². The second-order valence-corrected chi connectivity index (χ2v) is 6.59. The van der Waals surface area contributed by atoms with Gasteiger partial charge in [0.25, 0.3) is 5.89 Å². The first-order valence-corrected chi connectivity index (χ1v) is 8.50. The zero-order valence-electron chi connectivity index (χ0n) is 14.6. The van der Waals surface area contributed by atoms with Crippen molar-refractivity contribution in [3.05, 3.63) is 64.3 Å². The van der Waals surface area contributed by atoms with Gasteiger partial charge in [0.05, 0.1) is 11.4 Å². The number of benzene rings is 2. The Morgan fingerprint density at radius 2 is 1.77 bits per heavy atom. The summed E-state index contributed by atoms with van der Waals surface area (Å²) < 4.78 is 7.20. The average molecular weight is 366 g/mol. The van der Waals surface area contributed by atoms with Crippen molar-refractivity contribution in [2.24, 2.45) is 0 Å². The topological polar surface area (TPSA) is 69.6 Å². The van der Waals surface area contributed by atoms with E-state index in [1.807, 2.05) is 32.9 Å². The van der Waals surface area contributed by atoms with E-state index >= 15 is 0 Å². The molecule has 0 fully saturated rings. The van der Waals surface area contributed by atoms with E-state index in [2.05, 4.69) is 38.7 Å². The summed E-state index contributed by atoms with van der Waals surface area (Å²) in [5, 5.41) is 13.2.